The normalized spacial score (nSPS) is 10.2. The third-order valence-corrected chi connectivity index (χ3v) is 3.64. The van der Waals surface area contributed by atoms with Gasteiger partial charge in [-0.2, -0.15) is 0 Å². The summed E-state index contributed by atoms with van der Waals surface area (Å²) in [7, 11) is 4.50. The maximum atomic E-state index is 13.8. The molecule has 0 saturated carbocycles. The molecule has 0 fully saturated rings. The number of benzene rings is 2. The van der Waals surface area contributed by atoms with Gasteiger partial charge in [0.25, 0.3) is 5.91 Å². The lowest BCUT2D eigenvalue weighted by atomic mass is 10.1. The third-order valence-electron chi connectivity index (χ3n) is 3.40. The minimum atomic E-state index is -0.681. The number of methoxy groups -OCH3 is 3. The van der Waals surface area contributed by atoms with E-state index in [0.717, 1.165) is 6.07 Å². The molecule has 0 bridgehead atoms. The number of hydrogen-bond acceptors (Lipinski definition) is 4. The number of carbonyl (C=O) groups excluding carboxylic acids is 1. The summed E-state index contributed by atoms with van der Waals surface area (Å²) in [6.07, 6.45) is 0. The van der Waals surface area contributed by atoms with Crippen LogP contribution >= 0.6 is 11.6 Å². The van der Waals surface area contributed by atoms with Crippen LogP contribution in [0.2, 0.25) is 5.02 Å². The van der Waals surface area contributed by atoms with E-state index < -0.39 is 11.7 Å². The number of rotatable bonds is 6. The summed E-state index contributed by atoms with van der Waals surface area (Å²) in [5.74, 6) is 0.131. The predicted octanol–water partition coefficient (Wildman–Crippen LogP) is 3.43. The second-order valence-corrected chi connectivity index (χ2v) is 5.24. The Labute approximate surface area is 144 Å². The SMILES string of the molecule is COc1ccc(CNC(=O)c2ccc(Cl)cc2F)c(OC)c1OC. The lowest BCUT2D eigenvalue weighted by molar-refractivity contribution is 0.0946. The number of hydrogen-bond donors (Lipinski definition) is 1. The average molecular weight is 354 g/mol. The van der Waals surface area contributed by atoms with Gasteiger partial charge < -0.3 is 19.5 Å². The van der Waals surface area contributed by atoms with Crippen molar-refractivity contribution in [2.24, 2.45) is 0 Å². The molecule has 5 nitrogen and oxygen atoms in total. The lowest BCUT2D eigenvalue weighted by Crippen LogP contribution is -2.24. The zero-order chi connectivity index (χ0) is 17.7. The van der Waals surface area contributed by atoms with Crippen LogP contribution < -0.4 is 19.5 Å². The fraction of sp³-hybridized carbons (Fsp3) is 0.235. The highest BCUT2D eigenvalue weighted by atomic mass is 35.5. The fourth-order valence-corrected chi connectivity index (χ4v) is 2.41. The van der Waals surface area contributed by atoms with Gasteiger partial charge in [0.15, 0.2) is 11.5 Å². The Kier molecular flexibility index (Phi) is 5.87. The van der Waals surface area contributed by atoms with Crippen molar-refractivity contribution in [2.75, 3.05) is 21.3 Å². The first-order chi connectivity index (χ1) is 11.5. The molecule has 2 aromatic rings. The average Bonchev–Trinajstić information content (AvgIpc) is 2.58. The van der Waals surface area contributed by atoms with Crippen LogP contribution in [0.5, 0.6) is 17.2 Å². The monoisotopic (exact) mass is 353 g/mol. The smallest absolute Gasteiger partial charge is 0.254 e. The van der Waals surface area contributed by atoms with E-state index in [1.165, 1.54) is 33.5 Å². The Balaban J connectivity index is 2.21. The van der Waals surface area contributed by atoms with E-state index in [4.69, 9.17) is 25.8 Å². The summed E-state index contributed by atoms with van der Waals surface area (Å²) < 4.78 is 29.6. The van der Waals surface area contributed by atoms with Crippen molar-refractivity contribution in [3.63, 3.8) is 0 Å². The molecule has 0 heterocycles. The van der Waals surface area contributed by atoms with Crippen LogP contribution in [0.25, 0.3) is 0 Å². The summed E-state index contributed by atoms with van der Waals surface area (Å²) >= 11 is 5.68. The zero-order valence-corrected chi connectivity index (χ0v) is 14.2. The molecule has 0 unspecified atom stereocenters. The molecule has 128 valence electrons. The highest BCUT2D eigenvalue weighted by molar-refractivity contribution is 6.30. The molecule has 0 atom stereocenters. The van der Waals surface area contributed by atoms with E-state index in [2.05, 4.69) is 5.32 Å². The second-order valence-electron chi connectivity index (χ2n) is 4.80. The van der Waals surface area contributed by atoms with Crippen LogP contribution in [0, 0.1) is 5.82 Å². The molecule has 0 aliphatic heterocycles. The summed E-state index contributed by atoms with van der Waals surface area (Å²) in [5, 5.41) is 2.87. The summed E-state index contributed by atoms with van der Waals surface area (Å²) in [5.41, 5.74) is 0.580. The summed E-state index contributed by atoms with van der Waals surface area (Å²) in [6, 6.07) is 7.31. The van der Waals surface area contributed by atoms with Crippen LogP contribution in [0.1, 0.15) is 15.9 Å². The molecule has 2 aromatic carbocycles. The number of ether oxygens (including phenoxy) is 3. The molecule has 0 aliphatic carbocycles. The van der Waals surface area contributed by atoms with Crippen molar-refractivity contribution in [3.8, 4) is 17.2 Å². The Hall–Kier alpha value is -2.47. The van der Waals surface area contributed by atoms with E-state index >= 15 is 0 Å². The van der Waals surface area contributed by atoms with Gasteiger partial charge in [0.1, 0.15) is 5.82 Å². The van der Waals surface area contributed by atoms with Crippen molar-refractivity contribution < 1.29 is 23.4 Å². The van der Waals surface area contributed by atoms with Crippen molar-refractivity contribution in [3.05, 3.63) is 52.3 Å². The standard InChI is InChI=1S/C17H17ClFNO4/c1-22-14-7-4-10(15(23-2)16(14)24-3)9-20-17(21)12-6-5-11(18)8-13(12)19/h4-8H,9H2,1-3H3,(H,20,21). The van der Waals surface area contributed by atoms with Crippen LogP contribution in [0.3, 0.4) is 0 Å². The molecule has 0 saturated heterocycles. The third kappa shape index (κ3) is 3.71. The first kappa shape index (κ1) is 17.9. The van der Waals surface area contributed by atoms with E-state index in [0.29, 0.717) is 22.8 Å². The van der Waals surface area contributed by atoms with Gasteiger partial charge in [-0.3, -0.25) is 4.79 Å². The first-order valence-corrected chi connectivity index (χ1v) is 7.40. The Morgan fingerprint density at radius 1 is 1.08 bits per heavy atom. The highest BCUT2D eigenvalue weighted by Crippen LogP contribution is 2.39. The van der Waals surface area contributed by atoms with Gasteiger partial charge >= 0.3 is 0 Å². The molecule has 0 aliphatic rings. The Morgan fingerprint density at radius 3 is 2.38 bits per heavy atom. The largest absolute Gasteiger partial charge is 0.493 e. The zero-order valence-electron chi connectivity index (χ0n) is 13.5. The van der Waals surface area contributed by atoms with Crippen molar-refractivity contribution in [2.45, 2.75) is 6.54 Å². The minimum Gasteiger partial charge on any atom is -0.493 e. The van der Waals surface area contributed by atoms with E-state index in [9.17, 15) is 9.18 Å². The lowest BCUT2D eigenvalue weighted by Gasteiger charge is -2.16. The number of nitrogens with one attached hydrogen (secondary N) is 1. The van der Waals surface area contributed by atoms with E-state index in [-0.39, 0.29) is 17.1 Å². The fourth-order valence-electron chi connectivity index (χ4n) is 2.25. The van der Waals surface area contributed by atoms with Gasteiger partial charge in [-0.05, 0) is 30.3 Å². The molecule has 1 N–H and O–H groups in total. The van der Waals surface area contributed by atoms with Gasteiger partial charge in [0, 0.05) is 17.1 Å². The second kappa shape index (κ2) is 7.88. The van der Waals surface area contributed by atoms with Gasteiger partial charge in [0.05, 0.1) is 26.9 Å². The quantitative estimate of drug-likeness (QED) is 0.864. The molecule has 0 spiro atoms. The van der Waals surface area contributed by atoms with Gasteiger partial charge in [-0.1, -0.05) is 11.6 Å². The Bertz CT molecular complexity index is 752. The van der Waals surface area contributed by atoms with E-state index in [1.54, 1.807) is 12.1 Å². The highest BCUT2D eigenvalue weighted by Gasteiger charge is 2.17. The van der Waals surface area contributed by atoms with Crippen molar-refractivity contribution in [1.29, 1.82) is 0 Å². The van der Waals surface area contributed by atoms with Crippen LogP contribution in [0.4, 0.5) is 4.39 Å². The Morgan fingerprint density at radius 2 is 1.79 bits per heavy atom. The van der Waals surface area contributed by atoms with Gasteiger partial charge in [-0.15, -0.1) is 0 Å². The summed E-state index contributed by atoms with van der Waals surface area (Å²) in [6.45, 7) is 0.129. The minimum absolute atomic E-state index is 0.0844. The molecule has 24 heavy (non-hydrogen) atoms. The van der Waals surface area contributed by atoms with Gasteiger partial charge in [0.2, 0.25) is 5.75 Å². The first-order valence-electron chi connectivity index (χ1n) is 7.03. The number of amides is 1. The van der Waals surface area contributed by atoms with Gasteiger partial charge in [-0.25, -0.2) is 4.39 Å². The topological polar surface area (TPSA) is 56.8 Å². The van der Waals surface area contributed by atoms with Crippen LogP contribution in [-0.2, 0) is 6.54 Å². The van der Waals surface area contributed by atoms with E-state index in [1.807, 2.05) is 0 Å². The molecular formula is C17H17ClFNO4. The van der Waals surface area contributed by atoms with Crippen LogP contribution in [0.15, 0.2) is 30.3 Å². The molecule has 2 rings (SSSR count). The summed E-state index contributed by atoms with van der Waals surface area (Å²) in [4.78, 5) is 12.1. The molecule has 0 radical (unpaired) electrons. The number of carbonyl (C=O) groups is 1. The predicted molar refractivity (Wildman–Crippen MR) is 88.7 cm³/mol. The maximum absolute atomic E-state index is 13.8. The maximum Gasteiger partial charge on any atom is 0.254 e. The molecular weight excluding hydrogens is 337 g/mol. The molecule has 0 aromatic heterocycles. The molecule has 7 heteroatoms. The molecule has 1 amide bonds. The van der Waals surface area contributed by atoms with Crippen LogP contribution in [-0.4, -0.2) is 27.2 Å². The van der Waals surface area contributed by atoms with Crippen molar-refractivity contribution in [1.82, 2.24) is 5.32 Å². The number of halogens is 2. The van der Waals surface area contributed by atoms with Crippen molar-refractivity contribution >= 4 is 17.5 Å².